The van der Waals surface area contributed by atoms with Gasteiger partial charge >= 0.3 is 6.03 Å². The fraction of sp³-hybridized carbons (Fsp3) is 0.350. The van der Waals surface area contributed by atoms with Crippen LogP contribution >= 0.6 is 12.4 Å². The van der Waals surface area contributed by atoms with Gasteiger partial charge in [0.25, 0.3) is 0 Å². The molecule has 0 aliphatic carbocycles. The Balaban J connectivity index is 0.00000210. The first-order chi connectivity index (χ1) is 12.6. The molecule has 0 bridgehead atoms. The summed E-state index contributed by atoms with van der Waals surface area (Å²) in [5, 5.41) is 0. The number of halogens is 1. The number of carbonyl (C=O) groups is 2. The van der Waals surface area contributed by atoms with Crippen molar-refractivity contribution in [1.29, 1.82) is 0 Å². The number of likely N-dealkylation sites (tertiary alicyclic amines) is 1. The Kier molecular flexibility index (Phi) is 5.65. The summed E-state index contributed by atoms with van der Waals surface area (Å²) < 4.78 is 0. The predicted octanol–water partition coefficient (Wildman–Crippen LogP) is 3.29. The van der Waals surface area contributed by atoms with Crippen LogP contribution in [0.4, 0.5) is 16.2 Å². The average molecular weight is 387 g/mol. The summed E-state index contributed by atoms with van der Waals surface area (Å²) >= 11 is 0. The minimum absolute atomic E-state index is 0. The maximum atomic E-state index is 13.1. The number of fused-ring (bicyclic) bond motifs is 1. The van der Waals surface area contributed by atoms with Crippen molar-refractivity contribution in [3.05, 3.63) is 54.4 Å². The Morgan fingerprint density at radius 1 is 1.00 bits per heavy atom. The van der Waals surface area contributed by atoms with Gasteiger partial charge in [-0.05, 0) is 30.2 Å². The van der Waals surface area contributed by atoms with E-state index in [-0.39, 0.29) is 24.3 Å². The van der Waals surface area contributed by atoms with E-state index in [1.165, 1.54) is 5.56 Å². The number of benzene rings is 1. The van der Waals surface area contributed by atoms with E-state index in [0.29, 0.717) is 25.6 Å². The Labute approximate surface area is 165 Å². The van der Waals surface area contributed by atoms with E-state index in [4.69, 9.17) is 0 Å². The molecule has 3 heterocycles. The molecule has 0 spiro atoms. The van der Waals surface area contributed by atoms with Crippen molar-refractivity contribution in [1.82, 2.24) is 9.88 Å². The van der Waals surface area contributed by atoms with Gasteiger partial charge in [0, 0.05) is 51.4 Å². The van der Waals surface area contributed by atoms with Gasteiger partial charge in [0.2, 0.25) is 5.91 Å². The van der Waals surface area contributed by atoms with Gasteiger partial charge in [-0.15, -0.1) is 12.4 Å². The molecule has 1 aromatic carbocycles. The number of hydrogen-bond donors (Lipinski definition) is 0. The number of pyridine rings is 1. The number of amides is 3. The number of urea groups is 1. The molecule has 1 fully saturated rings. The zero-order chi connectivity index (χ0) is 18.1. The smallest absolute Gasteiger partial charge is 0.324 e. The van der Waals surface area contributed by atoms with E-state index in [2.05, 4.69) is 11.1 Å². The summed E-state index contributed by atoms with van der Waals surface area (Å²) in [5.74, 6) is 0.337. The van der Waals surface area contributed by atoms with Gasteiger partial charge in [0.15, 0.2) is 0 Å². The fourth-order valence-corrected chi connectivity index (χ4v) is 3.88. The molecule has 1 aromatic heterocycles. The molecule has 7 heteroatoms. The first kappa shape index (κ1) is 19.2. The van der Waals surface area contributed by atoms with Crippen molar-refractivity contribution in [2.75, 3.05) is 36.0 Å². The molecule has 3 amide bonds. The summed E-state index contributed by atoms with van der Waals surface area (Å²) in [7, 11) is 0. The van der Waals surface area contributed by atoms with E-state index in [0.717, 1.165) is 24.3 Å². The Morgan fingerprint density at radius 2 is 1.70 bits per heavy atom. The summed E-state index contributed by atoms with van der Waals surface area (Å²) in [5.41, 5.74) is 2.80. The number of para-hydroxylation sites is 2. The van der Waals surface area contributed by atoms with Gasteiger partial charge in [0.1, 0.15) is 0 Å². The molecule has 1 unspecified atom stereocenters. The monoisotopic (exact) mass is 386 g/mol. The lowest BCUT2D eigenvalue weighted by atomic mass is 10.0. The number of hydrogen-bond acceptors (Lipinski definition) is 3. The van der Waals surface area contributed by atoms with Gasteiger partial charge in [-0.3, -0.25) is 14.7 Å². The molecule has 2 aromatic rings. The maximum Gasteiger partial charge on any atom is 0.324 e. The van der Waals surface area contributed by atoms with Crippen LogP contribution in [0.2, 0.25) is 0 Å². The molecule has 1 atom stereocenters. The topological polar surface area (TPSA) is 56.8 Å². The third-order valence-electron chi connectivity index (χ3n) is 5.24. The highest BCUT2D eigenvalue weighted by molar-refractivity contribution is 6.03. The van der Waals surface area contributed by atoms with Crippen LogP contribution in [0.15, 0.2) is 48.8 Å². The van der Waals surface area contributed by atoms with Crippen LogP contribution < -0.4 is 9.80 Å². The average Bonchev–Trinajstić information content (AvgIpc) is 3.17. The van der Waals surface area contributed by atoms with Crippen molar-refractivity contribution < 1.29 is 9.59 Å². The molecular weight excluding hydrogens is 364 g/mol. The fourth-order valence-electron chi connectivity index (χ4n) is 3.88. The summed E-state index contributed by atoms with van der Waals surface area (Å²) in [6.45, 7) is 4.06. The third-order valence-corrected chi connectivity index (χ3v) is 5.24. The van der Waals surface area contributed by atoms with E-state index in [1.807, 2.05) is 41.4 Å². The van der Waals surface area contributed by atoms with E-state index in [1.54, 1.807) is 22.9 Å². The van der Waals surface area contributed by atoms with E-state index < -0.39 is 0 Å². The Morgan fingerprint density at radius 3 is 2.37 bits per heavy atom. The molecule has 2 aliphatic rings. The highest BCUT2D eigenvalue weighted by Crippen LogP contribution is 2.35. The second kappa shape index (κ2) is 7.96. The lowest BCUT2D eigenvalue weighted by molar-refractivity contribution is -0.116. The van der Waals surface area contributed by atoms with Gasteiger partial charge < -0.3 is 9.80 Å². The van der Waals surface area contributed by atoms with Gasteiger partial charge in [-0.2, -0.15) is 0 Å². The molecule has 0 radical (unpaired) electrons. The van der Waals surface area contributed by atoms with Crippen molar-refractivity contribution in [2.24, 2.45) is 0 Å². The molecule has 6 nitrogen and oxygen atoms in total. The molecule has 27 heavy (non-hydrogen) atoms. The molecule has 142 valence electrons. The van der Waals surface area contributed by atoms with Crippen LogP contribution in [0, 0.1) is 0 Å². The van der Waals surface area contributed by atoms with Crippen LogP contribution in [-0.2, 0) is 4.79 Å². The molecule has 4 rings (SSSR count). The van der Waals surface area contributed by atoms with Crippen LogP contribution in [0.25, 0.3) is 0 Å². The summed E-state index contributed by atoms with van der Waals surface area (Å²) in [6.07, 6.45) is 4.61. The highest BCUT2D eigenvalue weighted by atomic mass is 35.5. The second-order valence-electron chi connectivity index (χ2n) is 6.81. The predicted molar refractivity (Wildman–Crippen MR) is 108 cm³/mol. The second-order valence-corrected chi connectivity index (χ2v) is 6.81. The summed E-state index contributed by atoms with van der Waals surface area (Å²) in [4.78, 5) is 34.7. The minimum atomic E-state index is 0. The van der Waals surface area contributed by atoms with Gasteiger partial charge in [-0.1, -0.05) is 18.2 Å². The highest BCUT2D eigenvalue weighted by Gasteiger charge is 2.34. The normalized spacial score (nSPS) is 18.7. The van der Waals surface area contributed by atoms with Crippen LogP contribution in [-0.4, -0.2) is 48.0 Å². The molecule has 1 saturated heterocycles. The largest absolute Gasteiger partial charge is 0.324 e. The van der Waals surface area contributed by atoms with Gasteiger partial charge in [-0.25, -0.2) is 4.79 Å². The Hall–Kier alpha value is -2.60. The number of nitrogens with zero attached hydrogens (tertiary/aromatic N) is 4. The van der Waals surface area contributed by atoms with E-state index >= 15 is 0 Å². The molecule has 2 aliphatic heterocycles. The third kappa shape index (κ3) is 3.62. The van der Waals surface area contributed by atoms with Crippen molar-refractivity contribution in [2.45, 2.75) is 19.3 Å². The quantitative estimate of drug-likeness (QED) is 0.755. The number of anilines is 2. The molecular formula is C20H23ClN4O2. The molecule has 0 saturated carbocycles. The first-order valence-corrected chi connectivity index (χ1v) is 8.98. The maximum absolute atomic E-state index is 13.1. The van der Waals surface area contributed by atoms with Crippen molar-refractivity contribution in [3.63, 3.8) is 0 Å². The van der Waals surface area contributed by atoms with Gasteiger partial charge in [0.05, 0.1) is 11.4 Å². The number of rotatable bonds is 1. The lowest BCUT2D eigenvalue weighted by Gasteiger charge is -2.37. The lowest BCUT2D eigenvalue weighted by Crippen LogP contribution is -2.50. The zero-order valence-corrected chi connectivity index (χ0v) is 16.1. The first-order valence-electron chi connectivity index (χ1n) is 8.98. The van der Waals surface area contributed by atoms with E-state index in [9.17, 15) is 9.59 Å². The van der Waals surface area contributed by atoms with Crippen LogP contribution in [0.3, 0.4) is 0 Å². The van der Waals surface area contributed by atoms with Crippen molar-refractivity contribution in [3.8, 4) is 0 Å². The van der Waals surface area contributed by atoms with Crippen LogP contribution in [0.5, 0.6) is 0 Å². The Bertz CT molecular complexity index is 830. The minimum Gasteiger partial charge on any atom is -0.324 e. The number of aromatic nitrogens is 1. The number of carbonyl (C=O) groups excluding carboxylic acids is 2. The molecule has 0 N–H and O–H groups in total. The van der Waals surface area contributed by atoms with Crippen molar-refractivity contribution >= 4 is 35.7 Å². The standard InChI is InChI=1S/C20H22N4O2.ClH/c1-15(25)23-11-12-24(19-7-3-2-6-18(19)23)20(26)22-10-8-17(14-22)16-5-4-9-21-13-16;/h2-7,9,13,17H,8,10-12,14H2,1H3;1H. The summed E-state index contributed by atoms with van der Waals surface area (Å²) in [6, 6.07) is 11.7. The van der Waals surface area contributed by atoms with Crippen LogP contribution in [0.1, 0.15) is 24.8 Å². The zero-order valence-electron chi connectivity index (χ0n) is 15.2. The SMILES string of the molecule is CC(=O)N1CCN(C(=O)N2CCC(c3cccnc3)C2)c2ccccc21.Cl.